The number of halogens is 1. The van der Waals surface area contributed by atoms with Crippen molar-refractivity contribution in [3.8, 4) is 0 Å². The summed E-state index contributed by atoms with van der Waals surface area (Å²) in [5.74, 6) is 0. The van der Waals surface area contributed by atoms with Crippen LogP contribution in [0.4, 0.5) is 5.69 Å². The van der Waals surface area contributed by atoms with Crippen molar-refractivity contribution in [1.29, 1.82) is 0 Å². The second-order valence-corrected chi connectivity index (χ2v) is 6.63. The molecule has 1 atom stereocenters. The monoisotopic (exact) mass is 377 g/mol. The van der Waals surface area contributed by atoms with Gasteiger partial charge in [-0.25, -0.2) is 0 Å². The number of anilines is 1. The molecule has 2 heteroatoms. The van der Waals surface area contributed by atoms with E-state index in [-0.39, 0.29) is 6.04 Å². The van der Waals surface area contributed by atoms with Crippen LogP contribution in [-0.2, 0) is 0 Å². The van der Waals surface area contributed by atoms with Gasteiger partial charge in [0.05, 0.1) is 6.04 Å². The molecule has 0 aliphatic carbocycles. The third-order valence-corrected chi connectivity index (χ3v) is 4.59. The highest BCUT2D eigenvalue weighted by molar-refractivity contribution is 9.10. The highest BCUT2D eigenvalue weighted by Gasteiger charge is 2.14. The van der Waals surface area contributed by atoms with Gasteiger partial charge < -0.3 is 4.90 Å². The van der Waals surface area contributed by atoms with E-state index in [4.69, 9.17) is 0 Å². The lowest BCUT2D eigenvalue weighted by Crippen LogP contribution is -2.22. The summed E-state index contributed by atoms with van der Waals surface area (Å²) in [6.45, 7) is 0. The maximum atomic E-state index is 3.48. The Bertz CT molecular complexity index is 779. The highest BCUT2D eigenvalue weighted by Crippen LogP contribution is 2.27. The minimum Gasteiger partial charge on any atom is -0.364 e. The summed E-state index contributed by atoms with van der Waals surface area (Å²) in [6.07, 6.45) is 4.44. The molecular formula is C22H20BrN. The van der Waals surface area contributed by atoms with Crippen LogP contribution in [0.25, 0.3) is 6.08 Å². The fourth-order valence-electron chi connectivity index (χ4n) is 2.71. The number of hydrogen-bond donors (Lipinski definition) is 0. The molecular weight excluding hydrogens is 358 g/mol. The maximum Gasteiger partial charge on any atom is 0.0726 e. The minimum atomic E-state index is 0.178. The second kappa shape index (κ2) is 7.98. The first-order valence-corrected chi connectivity index (χ1v) is 8.80. The molecule has 1 unspecified atom stereocenters. The first-order valence-electron chi connectivity index (χ1n) is 8.00. The van der Waals surface area contributed by atoms with Crippen LogP contribution < -0.4 is 4.90 Å². The van der Waals surface area contributed by atoms with Crippen LogP contribution in [0.3, 0.4) is 0 Å². The maximum absolute atomic E-state index is 3.48. The van der Waals surface area contributed by atoms with Gasteiger partial charge in [0, 0.05) is 17.2 Å². The summed E-state index contributed by atoms with van der Waals surface area (Å²) in [5, 5.41) is 0. The lowest BCUT2D eigenvalue weighted by molar-refractivity contribution is 0.813. The molecule has 3 aromatic carbocycles. The zero-order chi connectivity index (χ0) is 16.8. The number of rotatable bonds is 5. The first-order chi connectivity index (χ1) is 11.7. The Morgan fingerprint density at radius 3 is 2.00 bits per heavy atom. The fourth-order valence-corrected chi connectivity index (χ4v) is 2.98. The van der Waals surface area contributed by atoms with Gasteiger partial charge in [-0.1, -0.05) is 88.7 Å². The Kier molecular flexibility index (Phi) is 5.50. The molecule has 0 aliphatic heterocycles. The molecule has 0 aromatic heterocycles. The molecule has 0 bridgehead atoms. The van der Waals surface area contributed by atoms with E-state index in [1.165, 1.54) is 16.8 Å². The summed E-state index contributed by atoms with van der Waals surface area (Å²) in [4.78, 5) is 2.30. The van der Waals surface area contributed by atoms with E-state index in [0.29, 0.717) is 0 Å². The van der Waals surface area contributed by atoms with Crippen molar-refractivity contribution in [3.05, 3.63) is 107 Å². The molecule has 3 aromatic rings. The van der Waals surface area contributed by atoms with Gasteiger partial charge in [0.15, 0.2) is 0 Å². The molecule has 120 valence electrons. The van der Waals surface area contributed by atoms with Crippen molar-refractivity contribution in [2.75, 3.05) is 11.9 Å². The molecule has 24 heavy (non-hydrogen) atoms. The summed E-state index contributed by atoms with van der Waals surface area (Å²) in [5.41, 5.74) is 3.67. The molecule has 0 saturated carbocycles. The molecule has 1 nitrogen and oxygen atoms in total. The van der Waals surface area contributed by atoms with Gasteiger partial charge in [-0.05, 0) is 35.4 Å². The Hall–Kier alpha value is -2.32. The first kappa shape index (κ1) is 16.5. The predicted octanol–water partition coefficient (Wildman–Crippen LogP) is 6.34. The SMILES string of the molecule is CN(c1ccccc1)C(/C=C/c1ccc(Br)cc1)c1ccccc1. The standard InChI is InChI=1S/C22H20BrN/c1-24(21-10-6-3-7-11-21)22(19-8-4-2-5-9-19)17-14-18-12-15-20(23)16-13-18/h2-17,22H,1H3/b17-14+. The van der Waals surface area contributed by atoms with Gasteiger partial charge in [0.25, 0.3) is 0 Å². The van der Waals surface area contributed by atoms with Crippen LogP contribution in [-0.4, -0.2) is 7.05 Å². The molecule has 0 aliphatic rings. The van der Waals surface area contributed by atoms with Crippen LogP contribution in [0.5, 0.6) is 0 Å². The molecule has 0 amide bonds. The van der Waals surface area contributed by atoms with E-state index >= 15 is 0 Å². The van der Waals surface area contributed by atoms with Crippen molar-refractivity contribution < 1.29 is 0 Å². The Balaban J connectivity index is 1.92. The summed E-state index contributed by atoms with van der Waals surface area (Å²) in [6, 6.07) is 29.6. The molecule has 0 spiro atoms. The minimum absolute atomic E-state index is 0.178. The largest absolute Gasteiger partial charge is 0.364 e. The quantitative estimate of drug-likeness (QED) is 0.501. The average molecular weight is 378 g/mol. The van der Waals surface area contributed by atoms with Crippen molar-refractivity contribution in [1.82, 2.24) is 0 Å². The Morgan fingerprint density at radius 1 is 0.792 bits per heavy atom. The molecule has 0 heterocycles. The normalized spacial score (nSPS) is 12.2. The van der Waals surface area contributed by atoms with E-state index < -0.39 is 0 Å². The summed E-state index contributed by atoms with van der Waals surface area (Å²) in [7, 11) is 2.14. The van der Waals surface area contributed by atoms with Crippen LogP contribution in [0.1, 0.15) is 17.2 Å². The van der Waals surface area contributed by atoms with E-state index in [0.717, 1.165) is 4.47 Å². The van der Waals surface area contributed by atoms with E-state index in [1.807, 2.05) is 6.07 Å². The van der Waals surface area contributed by atoms with Gasteiger partial charge in [0.1, 0.15) is 0 Å². The molecule has 0 radical (unpaired) electrons. The van der Waals surface area contributed by atoms with Gasteiger partial charge >= 0.3 is 0 Å². The summed E-state index contributed by atoms with van der Waals surface area (Å²) >= 11 is 3.48. The van der Waals surface area contributed by atoms with Gasteiger partial charge in [-0.3, -0.25) is 0 Å². The molecule has 0 N–H and O–H groups in total. The zero-order valence-corrected chi connectivity index (χ0v) is 15.2. The Morgan fingerprint density at radius 2 is 1.38 bits per heavy atom. The predicted molar refractivity (Wildman–Crippen MR) is 107 cm³/mol. The lowest BCUT2D eigenvalue weighted by Gasteiger charge is -2.28. The summed E-state index contributed by atoms with van der Waals surface area (Å²) < 4.78 is 1.10. The van der Waals surface area contributed by atoms with Crippen molar-refractivity contribution >= 4 is 27.7 Å². The van der Waals surface area contributed by atoms with Crippen molar-refractivity contribution in [2.45, 2.75) is 6.04 Å². The zero-order valence-electron chi connectivity index (χ0n) is 13.6. The van der Waals surface area contributed by atoms with E-state index in [9.17, 15) is 0 Å². The van der Waals surface area contributed by atoms with Crippen LogP contribution >= 0.6 is 15.9 Å². The van der Waals surface area contributed by atoms with E-state index in [1.54, 1.807) is 0 Å². The Labute approximate surface area is 152 Å². The average Bonchev–Trinajstić information content (AvgIpc) is 2.65. The van der Waals surface area contributed by atoms with Crippen LogP contribution in [0.2, 0.25) is 0 Å². The highest BCUT2D eigenvalue weighted by atomic mass is 79.9. The third kappa shape index (κ3) is 4.15. The smallest absolute Gasteiger partial charge is 0.0726 e. The van der Waals surface area contributed by atoms with Crippen molar-refractivity contribution in [2.24, 2.45) is 0 Å². The van der Waals surface area contributed by atoms with Crippen LogP contribution in [0, 0.1) is 0 Å². The number of benzene rings is 3. The van der Waals surface area contributed by atoms with E-state index in [2.05, 4.69) is 119 Å². The van der Waals surface area contributed by atoms with Crippen LogP contribution in [0.15, 0.2) is 95.5 Å². The fraction of sp³-hybridized carbons (Fsp3) is 0.0909. The molecule has 3 rings (SSSR count). The van der Waals surface area contributed by atoms with Crippen molar-refractivity contribution in [3.63, 3.8) is 0 Å². The van der Waals surface area contributed by atoms with Gasteiger partial charge in [0.2, 0.25) is 0 Å². The third-order valence-electron chi connectivity index (χ3n) is 4.06. The number of para-hydroxylation sites is 1. The second-order valence-electron chi connectivity index (χ2n) is 5.71. The molecule has 0 saturated heterocycles. The number of hydrogen-bond acceptors (Lipinski definition) is 1. The van der Waals surface area contributed by atoms with Gasteiger partial charge in [-0.15, -0.1) is 0 Å². The topological polar surface area (TPSA) is 3.24 Å². The number of likely N-dealkylation sites (N-methyl/N-ethyl adjacent to an activating group) is 1. The number of nitrogens with zero attached hydrogens (tertiary/aromatic N) is 1. The molecule has 0 fully saturated rings. The van der Waals surface area contributed by atoms with Gasteiger partial charge in [-0.2, -0.15) is 0 Å². The lowest BCUT2D eigenvalue weighted by atomic mass is 10.0.